The highest BCUT2D eigenvalue weighted by Crippen LogP contribution is 2.34. The topological polar surface area (TPSA) is 123 Å². The second-order valence-corrected chi connectivity index (χ2v) is 6.54. The van der Waals surface area contributed by atoms with Gasteiger partial charge in [0, 0.05) is 23.1 Å². The minimum absolute atomic E-state index is 0.0573. The van der Waals surface area contributed by atoms with E-state index in [0.717, 1.165) is 22.2 Å². The van der Waals surface area contributed by atoms with Crippen LogP contribution in [0.15, 0.2) is 53.2 Å². The van der Waals surface area contributed by atoms with E-state index in [1.54, 1.807) is 31.6 Å². The first kappa shape index (κ1) is 19.3. The molecule has 30 heavy (non-hydrogen) atoms. The minimum atomic E-state index is -0.847. The number of rotatable bonds is 9. The normalized spacial score (nSPS) is 10.8. The van der Waals surface area contributed by atoms with Gasteiger partial charge in [-0.25, -0.2) is 4.98 Å². The van der Waals surface area contributed by atoms with Crippen molar-refractivity contribution in [1.82, 2.24) is 15.2 Å². The van der Waals surface area contributed by atoms with Gasteiger partial charge in [0.2, 0.25) is 0 Å². The van der Waals surface area contributed by atoms with Crippen LogP contribution in [0.5, 0.6) is 11.5 Å². The summed E-state index contributed by atoms with van der Waals surface area (Å²) >= 11 is 0. The number of ether oxygens (including phenoxy) is 2. The number of carbonyl (C=O) groups is 1. The summed E-state index contributed by atoms with van der Waals surface area (Å²) in [6.45, 7) is 0.291. The number of H-pyrrole nitrogens is 1. The molecule has 0 spiro atoms. The fourth-order valence-electron chi connectivity index (χ4n) is 2.95. The van der Waals surface area contributed by atoms with E-state index in [2.05, 4.69) is 20.5 Å². The number of hydrogen-bond acceptors (Lipinski definition) is 7. The van der Waals surface area contributed by atoms with Crippen molar-refractivity contribution in [3.05, 3.63) is 48.8 Å². The average Bonchev–Trinajstić information content (AvgIpc) is 3.40. The lowest BCUT2D eigenvalue weighted by Crippen LogP contribution is -2.03. The largest absolute Gasteiger partial charge is 0.493 e. The molecule has 3 N–H and O–H groups in total. The predicted octanol–water partition coefficient (Wildman–Crippen LogP) is 4.21. The smallest absolute Gasteiger partial charge is 0.303 e. The molecule has 0 radical (unpaired) electrons. The third-order valence-electron chi connectivity index (χ3n) is 4.44. The molecule has 9 nitrogen and oxygen atoms in total. The maximum absolute atomic E-state index is 10.6. The second-order valence-electron chi connectivity index (χ2n) is 6.54. The van der Waals surface area contributed by atoms with Gasteiger partial charge in [-0.1, -0.05) is 0 Å². The molecule has 0 unspecified atom stereocenters. The first-order chi connectivity index (χ1) is 14.6. The molecule has 0 bridgehead atoms. The monoisotopic (exact) mass is 408 g/mol. The number of anilines is 2. The third kappa shape index (κ3) is 4.35. The summed E-state index contributed by atoms with van der Waals surface area (Å²) in [5, 5.41) is 19.7. The van der Waals surface area contributed by atoms with E-state index in [9.17, 15) is 4.79 Å². The molecule has 4 aromatic rings. The molecule has 4 rings (SSSR count). The van der Waals surface area contributed by atoms with Gasteiger partial charge in [-0.15, -0.1) is 0 Å². The summed E-state index contributed by atoms with van der Waals surface area (Å²) in [7, 11) is 1.54. The molecule has 0 saturated heterocycles. The van der Waals surface area contributed by atoms with Crippen molar-refractivity contribution < 1.29 is 23.8 Å². The molecule has 154 valence electrons. The Balaban J connectivity index is 1.46. The fourth-order valence-corrected chi connectivity index (χ4v) is 2.95. The van der Waals surface area contributed by atoms with Gasteiger partial charge < -0.3 is 24.3 Å². The Labute approximate surface area is 171 Å². The number of nitrogens with zero attached hydrogens (tertiary/aromatic N) is 2. The molecule has 2 heterocycles. The number of methoxy groups -OCH3 is 1. The highest BCUT2D eigenvalue weighted by atomic mass is 16.5. The Morgan fingerprint density at radius 2 is 2.10 bits per heavy atom. The standard InChI is InChI=1S/C21H20N4O5/c1-28-18-10-13(4-7-17(18)29-8-2-3-20(26)27)19-12-22-21(30-19)24-15-5-6-16-14(9-15)11-23-25-16/h4-7,9-12H,2-3,8H2,1H3,(H,22,24)(H,23,25)(H,26,27). The van der Waals surface area contributed by atoms with Crippen LogP contribution in [0.1, 0.15) is 12.8 Å². The zero-order valence-corrected chi connectivity index (χ0v) is 16.2. The zero-order valence-electron chi connectivity index (χ0n) is 16.2. The van der Waals surface area contributed by atoms with Crippen molar-refractivity contribution in [2.75, 3.05) is 19.0 Å². The SMILES string of the molecule is COc1cc(-c2cnc(Nc3ccc4[nH]ncc4c3)o2)ccc1OCCCC(=O)O. The first-order valence-corrected chi connectivity index (χ1v) is 9.31. The number of carboxylic acids is 1. The quantitative estimate of drug-likeness (QED) is 0.352. The second kappa shape index (κ2) is 8.56. The lowest BCUT2D eigenvalue weighted by Gasteiger charge is -2.11. The molecule has 0 amide bonds. The van der Waals surface area contributed by atoms with E-state index in [1.165, 1.54) is 0 Å². The average molecular weight is 408 g/mol. The molecule has 2 aromatic heterocycles. The Hall–Kier alpha value is -4.01. The van der Waals surface area contributed by atoms with Crippen molar-refractivity contribution in [2.24, 2.45) is 0 Å². The number of aromatic nitrogens is 3. The van der Waals surface area contributed by atoms with Gasteiger partial charge in [0.05, 0.1) is 31.6 Å². The lowest BCUT2D eigenvalue weighted by atomic mass is 10.1. The summed E-state index contributed by atoms with van der Waals surface area (Å²) in [4.78, 5) is 14.9. The highest BCUT2D eigenvalue weighted by molar-refractivity contribution is 5.82. The molecule has 0 aliphatic heterocycles. The maximum atomic E-state index is 10.6. The van der Waals surface area contributed by atoms with Crippen LogP contribution in [0, 0.1) is 0 Å². The van der Waals surface area contributed by atoms with E-state index in [0.29, 0.717) is 36.3 Å². The Morgan fingerprint density at radius 3 is 2.93 bits per heavy atom. The van der Waals surface area contributed by atoms with Gasteiger partial charge in [-0.05, 0) is 42.8 Å². The molecule has 2 aromatic carbocycles. The summed E-state index contributed by atoms with van der Waals surface area (Å²) in [6, 6.07) is 11.5. The van der Waals surface area contributed by atoms with Crippen molar-refractivity contribution >= 4 is 28.6 Å². The molecular formula is C21H20N4O5. The number of carboxylic acid groups (broad SMARTS) is 1. The molecule has 0 fully saturated rings. The lowest BCUT2D eigenvalue weighted by molar-refractivity contribution is -0.137. The van der Waals surface area contributed by atoms with Gasteiger partial charge in [0.1, 0.15) is 0 Å². The zero-order chi connectivity index (χ0) is 20.9. The number of benzene rings is 2. The summed E-state index contributed by atoms with van der Waals surface area (Å²) < 4.78 is 16.8. The van der Waals surface area contributed by atoms with E-state index < -0.39 is 5.97 Å². The van der Waals surface area contributed by atoms with E-state index >= 15 is 0 Å². The number of aliphatic carboxylic acids is 1. The van der Waals surface area contributed by atoms with Crippen LogP contribution in [0.25, 0.3) is 22.2 Å². The first-order valence-electron chi connectivity index (χ1n) is 9.31. The highest BCUT2D eigenvalue weighted by Gasteiger charge is 2.12. The van der Waals surface area contributed by atoms with Gasteiger partial charge in [0.25, 0.3) is 6.01 Å². The van der Waals surface area contributed by atoms with Crippen molar-refractivity contribution in [3.63, 3.8) is 0 Å². The van der Waals surface area contributed by atoms with Crippen LogP contribution < -0.4 is 14.8 Å². The Bertz CT molecular complexity index is 1170. The van der Waals surface area contributed by atoms with E-state index in [1.807, 2.05) is 24.3 Å². The molecule has 0 saturated carbocycles. The van der Waals surface area contributed by atoms with Crippen LogP contribution in [-0.4, -0.2) is 40.0 Å². The van der Waals surface area contributed by atoms with Crippen LogP contribution >= 0.6 is 0 Å². The molecule has 0 aliphatic rings. The summed E-state index contributed by atoms with van der Waals surface area (Å²) in [5.41, 5.74) is 2.56. The van der Waals surface area contributed by atoms with Gasteiger partial charge >= 0.3 is 5.97 Å². The minimum Gasteiger partial charge on any atom is -0.493 e. The number of oxazole rings is 1. The number of hydrogen-bond donors (Lipinski definition) is 3. The molecule has 0 aliphatic carbocycles. The van der Waals surface area contributed by atoms with E-state index in [4.69, 9.17) is 19.0 Å². The molecule has 0 atom stereocenters. The summed E-state index contributed by atoms with van der Waals surface area (Å²) in [6.07, 6.45) is 3.85. The van der Waals surface area contributed by atoms with Crippen molar-refractivity contribution in [1.29, 1.82) is 0 Å². The van der Waals surface area contributed by atoms with Crippen LogP contribution in [0.4, 0.5) is 11.7 Å². The van der Waals surface area contributed by atoms with Crippen LogP contribution in [0.2, 0.25) is 0 Å². The predicted molar refractivity (Wildman–Crippen MR) is 110 cm³/mol. The van der Waals surface area contributed by atoms with Crippen molar-refractivity contribution in [2.45, 2.75) is 12.8 Å². The van der Waals surface area contributed by atoms with Crippen LogP contribution in [-0.2, 0) is 4.79 Å². The number of aromatic amines is 1. The summed E-state index contributed by atoms with van der Waals surface area (Å²) in [5.74, 6) is 0.787. The van der Waals surface area contributed by atoms with Crippen LogP contribution in [0.3, 0.4) is 0 Å². The molecular weight excluding hydrogens is 388 g/mol. The molecule has 9 heteroatoms. The number of fused-ring (bicyclic) bond motifs is 1. The van der Waals surface area contributed by atoms with Gasteiger partial charge in [-0.2, -0.15) is 5.10 Å². The van der Waals surface area contributed by atoms with Gasteiger partial charge in [0.15, 0.2) is 17.3 Å². The van der Waals surface area contributed by atoms with E-state index in [-0.39, 0.29) is 6.42 Å². The van der Waals surface area contributed by atoms with Gasteiger partial charge in [-0.3, -0.25) is 9.89 Å². The van der Waals surface area contributed by atoms with Crippen molar-refractivity contribution in [3.8, 4) is 22.8 Å². The number of nitrogens with one attached hydrogen (secondary N) is 2. The third-order valence-corrected chi connectivity index (χ3v) is 4.44. The maximum Gasteiger partial charge on any atom is 0.303 e. The Morgan fingerprint density at radius 1 is 1.20 bits per heavy atom. The Kier molecular flexibility index (Phi) is 5.51. The fraction of sp³-hybridized carbons (Fsp3) is 0.190.